The minimum absolute atomic E-state index is 0.144. The van der Waals surface area contributed by atoms with Gasteiger partial charge < -0.3 is 10.6 Å². The summed E-state index contributed by atoms with van der Waals surface area (Å²) in [6.45, 7) is 3.49. The first-order chi connectivity index (χ1) is 9.99. The van der Waals surface area contributed by atoms with Gasteiger partial charge in [0.25, 0.3) is 0 Å². The third-order valence-corrected chi connectivity index (χ3v) is 4.41. The van der Waals surface area contributed by atoms with Crippen molar-refractivity contribution < 1.29 is 8.78 Å². The zero-order chi connectivity index (χ0) is 15.4. The van der Waals surface area contributed by atoms with E-state index in [1.165, 1.54) is 12.1 Å². The second kappa shape index (κ2) is 7.29. The molecule has 2 N–H and O–H groups in total. The molecule has 5 heteroatoms. The lowest BCUT2D eigenvalue weighted by Crippen LogP contribution is -2.38. The average Bonchev–Trinajstić information content (AvgIpc) is 2.41. The van der Waals surface area contributed by atoms with Gasteiger partial charge in [-0.3, -0.25) is 4.90 Å². The van der Waals surface area contributed by atoms with Crippen molar-refractivity contribution in [1.82, 2.24) is 9.80 Å². The number of nitrogens with two attached hydrogens (primary N) is 1. The molecule has 3 nitrogen and oxygen atoms in total. The molecule has 0 aliphatic carbocycles. The maximum atomic E-state index is 13.4. The Morgan fingerprint density at radius 3 is 2.33 bits per heavy atom. The van der Waals surface area contributed by atoms with Crippen LogP contribution in [0.1, 0.15) is 24.4 Å². The zero-order valence-corrected chi connectivity index (χ0v) is 12.9. The van der Waals surface area contributed by atoms with Gasteiger partial charge in [0.15, 0.2) is 0 Å². The normalized spacial score (nSPS) is 19.1. The quantitative estimate of drug-likeness (QED) is 0.904. The van der Waals surface area contributed by atoms with Gasteiger partial charge >= 0.3 is 0 Å². The Labute approximate surface area is 125 Å². The Morgan fingerprint density at radius 1 is 1.24 bits per heavy atom. The highest BCUT2D eigenvalue weighted by atomic mass is 19.1. The molecule has 1 fully saturated rings. The number of benzene rings is 1. The van der Waals surface area contributed by atoms with Crippen molar-refractivity contribution in [3.8, 4) is 0 Å². The van der Waals surface area contributed by atoms with Crippen LogP contribution < -0.4 is 5.73 Å². The van der Waals surface area contributed by atoms with Crippen molar-refractivity contribution in [2.24, 2.45) is 11.7 Å². The number of likely N-dealkylation sites (N-methyl/N-ethyl adjacent to an activating group) is 1. The van der Waals surface area contributed by atoms with Crippen LogP contribution >= 0.6 is 0 Å². The minimum Gasteiger partial charge on any atom is -0.329 e. The molecule has 0 radical (unpaired) electrons. The molecule has 1 heterocycles. The van der Waals surface area contributed by atoms with E-state index in [2.05, 4.69) is 16.8 Å². The van der Waals surface area contributed by atoms with Gasteiger partial charge in [0.1, 0.15) is 11.6 Å². The van der Waals surface area contributed by atoms with Gasteiger partial charge in [0.2, 0.25) is 0 Å². The molecule has 2 rings (SSSR count). The molecule has 0 aromatic heterocycles. The fourth-order valence-electron chi connectivity index (χ4n) is 3.12. The van der Waals surface area contributed by atoms with Crippen molar-refractivity contribution in [2.75, 3.05) is 40.3 Å². The summed E-state index contributed by atoms with van der Waals surface area (Å²) < 4.78 is 26.8. The number of hydrogen-bond acceptors (Lipinski definition) is 3. The summed E-state index contributed by atoms with van der Waals surface area (Å²) in [4.78, 5) is 4.46. The molecule has 0 bridgehead atoms. The zero-order valence-electron chi connectivity index (χ0n) is 12.9. The molecule has 1 saturated heterocycles. The molecule has 1 aromatic carbocycles. The van der Waals surface area contributed by atoms with Crippen LogP contribution in [-0.4, -0.2) is 50.1 Å². The van der Waals surface area contributed by atoms with E-state index in [1.54, 1.807) is 0 Å². The van der Waals surface area contributed by atoms with E-state index >= 15 is 0 Å². The lowest BCUT2D eigenvalue weighted by Gasteiger charge is -2.35. The summed E-state index contributed by atoms with van der Waals surface area (Å²) in [6, 6.07) is 3.51. The van der Waals surface area contributed by atoms with Gasteiger partial charge in [-0.1, -0.05) is 0 Å². The fourth-order valence-corrected chi connectivity index (χ4v) is 3.12. The Balaban J connectivity index is 2.02. The molecule has 0 spiro atoms. The first-order valence-corrected chi connectivity index (χ1v) is 7.54. The standard InChI is InChI=1S/C16H25F2N3/c1-20-5-3-12(4-6-20)11-21(2)16(10-19)13-7-14(17)9-15(18)8-13/h7-9,12,16H,3-6,10-11,19H2,1-2H3. The molecule has 1 aromatic rings. The second-order valence-electron chi connectivity index (χ2n) is 6.14. The van der Waals surface area contributed by atoms with E-state index in [-0.39, 0.29) is 6.04 Å². The summed E-state index contributed by atoms with van der Waals surface area (Å²) in [6.07, 6.45) is 2.32. The van der Waals surface area contributed by atoms with E-state index in [0.29, 0.717) is 18.0 Å². The van der Waals surface area contributed by atoms with Gasteiger partial charge in [-0.05, 0) is 63.6 Å². The highest BCUT2D eigenvalue weighted by Gasteiger charge is 2.23. The lowest BCUT2D eigenvalue weighted by atomic mass is 9.95. The van der Waals surface area contributed by atoms with Crippen LogP contribution in [0.4, 0.5) is 8.78 Å². The van der Waals surface area contributed by atoms with Crippen LogP contribution in [0.5, 0.6) is 0 Å². The van der Waals surface area contributed by atoms with Gasteiger partial charge in [0, 0.05) is 25.2 Å². The van der Waals surface area contributed by atoms with Gasteiger partial charge in [-0.25, -0.2) is 8.78 Å². The molecule has 21 heavy (non-hydrogen) atoms. The van der Waals surface area contributed by atoms with Crippen LogP contribution in [0.15, 0.2) is 18.2 Å². The number of halogens is 2. The van der Waals surface area contributed by atoms with Gasteiger partial charge in [-0.2, -0.15) is 0 Å². The van der Waals surface area contributed by atoms with Gasteiger partial charge in [-0.15, -0.1) is 0 Å². The van der Waals surface area contributed by atoms with E-state index in [4.69, 9.17) is 5.73 Å². The number of hydrogen-bond donors (Lipinski definition) is 1. The van der Waals surface area contributed by atoms with Gasteiger partial charge in [0.05, 0.1) is 0 Å². The third-order valence-electron chi connectivity index (χ3n) is 4.41. The molecule has 118 valence electrons. The highest BCUT2D eigenvalue weighted by molar-refractivity contribution is 5.22. The topological polar surface area (TPSA) is 32.5 Å². The van der Waals surface area contributed by atoms with Crippen LogP contribution in [0.2, 0.25) is 0 Å². The smallest absolute Gasteiger partial charge is 0.126 e. The SMILES string of the molecule is CN1CCC(CN(C)C(CN)c2cc(F)cc(F)c2)CC1. The molecular formula is C16H25F2N3. The molecule has 1 aliphatic rings. The van der Waals surface area contributed by atoms with Crippen molar-refractivity contribution in [3.05, 3.63) is 35.4 Å². The average molecular weight is 297 g/mol. The highest BCUT2D eigenvalue weighted by Crippen LogP contribution is 2.24. The van der Waals surface area contributed by atoms with Crippen LogP contribution in [-0.2, 0) is 0 Å². The largest absolute Gasteiger partial charge is 0.329 e. The Morgan fingerprint density at radius 2 is 1.81 bits per heavy atom. The van der Waals surface area contributed by atoms with Crippen LogP contribution in [0.3, 0.4) is 0 Å². The predicted molar refractivity (Wildman–Crippen MR) is 81.0 cm³/mol. The molecule has 1 atom stereocenters. The van der Waals surface area contributed by atoms with Crippen molar-refractivity contribution in [1.29, 1.82) is 0 Å². The summed E-state index contributed by atoms with van der Waals surface area (Å²) in [5.41, 5.74) is 6.45. The molecule has 0 amide bonds. The number of likely N-dealkylation sites (tertiary alicyclic amines) is 1. The maximum absolute atomic E-state index is 13.4. The summed E-state index contributed by atoms with van der Waals surface area (Å²) in [5.74, 6) is -0.467. The second-order valence-corrected chi connectivity index (χ2v) is 6.14. The van der Waals surface area contributed by atoms with Crippen LogP contribution in [0, 0.1) is 17.6 Å². The predicted octanol–water partition coefficient (Wildman–Crippen LogP) is 2.24. The fraction of sp³-hybridized carbons (Fsp3) is 0.625. The Bertz CT molecular complexity index is 439. The monoisotopic (exact) mass is 297 g/mol. The Kier molecular flexibility index (Phi) is 5.67. The summed E-state index contributed by atoms with van der Waals surface area (Å²) >= 11 is 0. The Hall–Kier alpha value is -1.04. The first kappa shape index (κ1) is 16.3. The molecule has 1 aliphatic heterocycles. The minimum atomic E-state index is -0.545. The molecule has 0 saturated carbocycles. The third kappa shape index (κ3) is 4.46. The number of rotatable bonds is 5. The lowest BCUT2D eigenvalue weighted by molar-refractivity contribution is 0.151. The van der Waals surface area contributed by atoms with Crippen molar-refractivity contribution in [2.45, 2.75) is 18.9 Å². The number of nitrogens with zero attached hydrogens (tertiary/aromatic N) is 2. The van der Waals surface area contributed by atoms with E-state index in [1.807, 2.05) is 7.05 Å². The molecular weight excluding hydrogens is 272 g/mol. The van der Waals surface area contributed by atoms with Crippen molar-refractivity contribution in [3.63, 3.8) is 0 Å². The summed E-state index contributed by atoms with van der Waals surface area (Å²) in [7, 11) is 4.12. The van der Waals surface area contributed by atoms with E-state index < -0.39 is 11.6 Å². The van der Waals surface area contributed by atoms with E-state index in [9.17, 15) is 8.78 Å². The summed E-state index contributed by atoms with van der Waals surface area (Å²) in [5, 5.41) is 0. The maximum Gasteiger partial charge on any atom is 0.126 e. The van der Waals surface area contributed by atoms with E-state index in [0.717, 1.165) is 38.5 Å². The van der Waals surface area contributed by atoms with Crippen LogP contribution in [0.25, 0.3) is 0 Å². The molecule has 1 unspecified atom stereocenters. The first-order valence-electron chi connectivity index (χ1n) is 7.54. The number of piperidine rings is 1. The van der Waals surface area contributed by atoms with Crippen molar-refractivity contribution >= 4 is 0 Å².